The molecule has 0 fully saturated rings. The van der Waals surface area contributed by atoms with E-state index in [0.717, 1.165) is 27.5 Å². The second-order valence-corrected chi connectivity index (χ2v) is 7.61. The predicted octanol–water partition coefficient (Wildman–Crippen LogP) is 3.05. The van der Waals surface area contributed by atoms with Crippen molar-refractivity contribution in [2.24, 2.45) is 0 Å². The molecule has 3 aromatic rings. The van der Waals surface area contributed by atoms with Gasteiger partial charge in [-0.05, 0) is 52.8 Å². The van der Waals surface area contributed by atoms with Gasteiger partial charge < -0.3 is 29.0 Å². The SMILES string of the molecule is O=C(O)CN1CCc2c(cc3ccc4c(c3c2-c2ccc3c(c2)OCO3)OCO4)C1=O. The third-order valence-electron chi connectivity index (χ3n) is 5.88. The Morgan fingerprint density at radius 2 is 1.74 bits per heavy atom. The average molecular weight is 419 g/mol. The monoisotopic (exact) mass is 419 g/mol. The van der Waals surface area contributed by atoms with Crippen molar-refractivity contribution in [2.75, 3.05) is 26.7 Å². The van der Waals surface area contributed by atoms with Crippen molar-refractivity contribution in [1.29, 1.82) is 0 Å². The van der Waals surface area contributed by atoms with Crippen molar-refractivity contribution in [2.45, 2.75) is 6.42 Å². The zero-order chi connectivity index (χ0) is 21.1. The molecule has 1 N–H and O–H groups in total. The van der Waals surface area contributed by atoms with E-state index in [9.17, 15) is 14.7 Å². The molecule has 8 nitrogen and oxygen atoms in total. The first-order chi connectivity index (χ1) is 15.1. The maximum atomic E-state index is 13.2. The van der Waals surface area contributed by atoms with Crippen LogP contribution in [0.5, 0.6) is 23.0 Å². The lowest BCUT2D eigenvalue weighted by Crippen LogP contribution is -2.41. The largest absolute Gasteiger partial charge is 0.480 e. The van der Waals surface area contributed by atoms with Crippen LogP contribution in [0, 0.1) is 0 Å². The normalized spacial score (nSPS) is 16.0. The highest BCUT2D eigenvalue weighted by atomic mass is 16.7. The zero-order valence-corrected chi connectivity index (χ0v) is 16.3. The predicted molar refractivity (Wildman–Crippen MR) is 109 cm³/mol. The van der Waals surface area contributed by atoms with Crippen LogP contribution >= 0.6 is 0 Å². The van der Waals surface area contributed by atoms with Gasteiger partial charge in [0.05, 0.1) is 0 Å². The average Bonchev–Trinajstić information content (AvgIpc) is 3.42. The molecule has 0 saturated heterocycles. The van der Waals surface area contributed by atoms with Crippen LogP contribution in [-0.4, -0.2) is 48.6 Å². The number of hydrogen-bond donors (Lipinski definition) is 1. The van der Waals surface area contributed by atoms with Gasteiger partial charge in [0.25, 0.3) is 5.91 Å². The molecule has 0 radical (unpaired) electrons. The first kappa shape index (κ1) is 17.9. The summed E-state index contributed by atoms with van der Waals surface area (Å²) in [6.07, 6.45) is 0.526. The molecule has 6 rings (SSSR count). The minimum Gasteiger partial charge on any atom is -0.480 e. The van der Waals surface area contributed by atoms with Gasteiger partial charge in [-0.1, -0.05) is 12.1 Å². The maximum Gasteiger partial charge on any atom is 0.323 e. The number of carbonyl (C=O) groups excluding carboxylic acids is 1. The number of rotatable bonds is 3. The number of carboxylic acids is 1. The van der Waals surface area contributed by atoms with Gasteiger partial charge in [-0.25, -0.2) is 0 Å². The lowest BCUT2D eigenvalue weighted by Gasteiger charge is -2.29. The van der Waals surface area contributed by atoms with Crippen molar-refractivity contribution < 1.29 is 33.6 Å². The molecule has 0 saturated carbocycles. The molecule has 3 heterocycles. The van der Waals surface area contributed by atoms with E-state index in [1.807, 2.05) is 36.4 Å². The van der Waals surface area contributed by atoms with Crippen LogP contribution in [-0.2, 0) is 11.2 Å². The summed E-state index contributed by atoms with van der Waals surface area (Å²) < 4.78 is 22.4. The summed E-state index contributed by atoms with van der Waals surface area (Å²) >= 11 is 0. The summed E-state index contributed by atoms with van der Waals surface area (Å²) in [5.41, 5.74) is 3.11. The number of benzene rings is 3. The van der Waals surface area contributed by atoms with E-state index in [0.29, 0.717) is 41.5 Å². The molecule has 0 spiro atoms. The van der Waals surface area contributed by atoms with E-state index in [-0.39, 0.29) is 26.0 Å². The Hall–Kier alpha value is -3.94. The van der Waals surface area contributed by atoms with Gasteiger partial charge in [-0.15, -0.1) is 0 Å². The Morgan fingerprint density at radius 1 is 0.968 bits per heavy atom. The Balaban J connectivity index is 1.63. The van der Waals surface area contributed by atoms with Gasteiger partial charge in [0.1, 0.15) is 6.54 Å². The van der Waals surface area contributed by atoms with Crippen molar-refractivity contribution in [3.05, 3.63) is 47.5 Å². The summed E-state index contributed by atoms with van der Waals surface area (Å²) in [6.45, 7) is 0.309. The first-order valence-corrected chi connectivity index (χ1v) is 9.89. The molecule has 3 aromatic carbocycles. The Kier molecular flexibility index (Phi) is 3.77. The minimum absolute atomic E-state index is 0.136. The maximum absolute atomic E-state index is 13.2. The third kappa shape index (κ3) is 2.68. The van der Waals surface area contributed by atoms with E-state index in [1.54, 1.807) is 0 Å². The lowest BCUT2D eigenvalue weighted by atomic mass is 9.85. The molecule has 0 unspecified atom stereocenters. The second-order valence-electron chi connectivity index (χ2n) is 7.61. The number of ether oxygens (including phenoxy) is 4. The van der Waals surface area contributed by atoms with Gasteiger partial charge in [0.2, 0.25) is 13.6 Å². The fourth-order valence-electron chi connectivity index (χ4n) is 4.55. The number of hydrogen-bond acceptors (Lipinski definition) is 6. The highest BCUT2D eigenvalue weighted by Gasteiger charge is 2.32. The van der Waals surface area contributed by atoms with E-state index in [1.165, 1.54) is 4.90 Å². The van der Waals surface area contributed by atoms with Gasteiger partial charge in [-0.2, -0.15) is 0 Å². The topological polar surface area (TPSA) is 94.5 Å². The molecule has 1 amide bonds. The van der Waals surface area contributed by atoms with Crippen molar-refractivity contribution in [3.63, 3.8) is 0 Å². The number of fused-ring (bicyclic) bond motifs is 5. The van der Waals surface area contributed by atoms with Crippen LogP contribution in [0.2, 0.25) is 0 Å². The summed E-state index contributed by atoms with van der Waals surface area (Å²) in [4.78, 5) is 25.7. The van der Waals surface area contributed by atoms with Crippen LogP contribution in [0.4, 0.5) is 0 Å². The van der Waals surface area contributed by atoms with Crippen LogP contribution in [0.15, 0.2) is 36.4 Å². The fourth-order valence-corrected chi connectivity index (χ4v) is 4.55. The Morgan fingerprint density at radius 3 is 2.61 bits per heavy atom. The second kappa shape index (κ2) is 6.53. The highest BCUT2D eigenvalue weighted by molar-refractivity contribution is 6.11. The smallest absolute Gasteiger partial charge is 0.323 e. The van der Waals surface area contributed by atoms with Crippen LogP contribution < -0.4 is 18.9 Å². The third-order valence-corrected chi connectivity index (χ3v) is 5.88. The summed E-state index contributed by atoms with van der Waals surface area (Å²) in [6, 6.07) is 11.2. The molecular weight excluding hydrogens is 402 g/mol. The molecule has 3 aliphatic rings. The highest BCUT2D eigenvalue weighted by Crippen LogP contribution is 2.48. The van der Waals surface area contributed by atoms with Gasteiger partial charge >= 0.3 is 5.97 Å². The molecule has 0 atom stereocenters. The van der Waals surface area contributed by atoms with Gasteiger partial charge in [-0.3, -0.25) is 9.59 Å². The number of amides is 1. The van der Waals surface area contributed by atoms with Crippen molar-refractivity contribution >= 4 is 22.6 Å². The number of nitrogens with zero attached hydrogens (tertiary/aromatic N) is 1. The van der Waals surface area contributed by atoms with E-state index in [4.69, 9.17) is 18.9 Å². The lowest BCUT2D eigenvalue weighted by molar-refractivity contribution is -0.137. The molecule has 0 bridgehead atoms. The molecule has 3 aliphatic heterocycles. The quantitative estimate of drug-likeness (QED) is 0.697. The van der Waals surface area contributed by atoms with Gasteiger partial charge in [0, 0.05) is 17.5 Å². The van der Waals surface area contributed by atoms with E-state index >= 15 is 0 Å². The number of aliphatic carboxylic acids is 1. The molecule has 0 aromatic heterocycles. The molecular formula is C23H17NO7. The molecule has 31 heavy (non-hydrogen) atoms. The van der Waals surface area contributed by atoms with Crippen LogP contribution in [0.25, 0.3) is 21.9 Å². The molecule has 156 valence electrons. The number of carbonyl (C=O) groups is 2. The van der Waals surface area contributed by atoms with E-state index < -0.39 is 5.97 Å². The molecule has 8 heteroatoms. The van der Waals surface area contributed by atoms with E-state index in [2.05, 4.69) is 0 Å². The zero-order valence-electron chi connectivity index (χ0n) is 16.3. The minimum atomic E-state index is -1.03. The van der Waals surface area contributed by atoms with Crippen molar-refractivity contribution in [1.82, 2.24) is 4.90 Å². The van der Waals surface area contributed by atoms with Gasteiger partial charge in [0.15, 0.2) is 23.0 Å². The summed E-state index contributed by atoms with van der Waals surface area (Å²) in [5, 5.41) is 10.9. The standard InChI is InChI=1S/C23H17NO7/c25-19(26)9-24-6-5-14-15(23(24)27)7-12-2-4-17-22(31-11-29-17)21(12)20(14)13-1-3-16-18(8-13)30-10-28-16/h1-4,7-8H,5-6,9-11H2,(H,25,26). The first-order valence-electron chi connectivity index (χ1n) is 9.89. The molecule has 0 aliphatic carbocycles. The summed E-state index contributed by atoms with van der Waals surface area (Å²) in [5.74, 6) is 1.30. The fraction of sp³-hybridized carbons (Fsp3) is 0.217. The number of carboxylic acid groups (broad SMARTS) is 1. The van der Waals surface area contributed by atoms with Crippen LogP contribution in [0.3, 0.4) is 0 Å². The summed E-state index contributed by atoms with van der Waals surface area (Å²) in [7, 11) is 0. The van der Waals surface area contributed by atoms with Crippen LogP contribution in [0.1, 0.15) is 15.9 Å². The Bertz CT molecular complexity index is 1280. The Labute approximate surface area is 176 Å². The van der Waals surface area contributed by atoms with Crippen molar-refractivity contribution in [3.8, 4) is 34.1 Å².